The molecular formula is C15H18BrNOS. The lowest BCUT2D eigenvalue weighted by Crippen LogP contribution is -2.12. The van der Waals surface area contributed by atoms with Gasteiger partial charge in [-0.2, -0.15) is 0 Å². The molecule has 1 unspecified atom stereocenters. The molecule has 0 aliphatic rings. The zero-order valence-electron chi connectivity index (χ0n) is 11.2. The van der Waals surface area contributed by atoms with E-state index in [1.54, 1.807) is 18.4 Å². The first-order valence-electron chi connectivity index (χ1n) is 6.30. The van der Waals surface area contributed by atoms with Gasteiger partial charge in [0.05, 0.1) is 7.11 Å². The number of methoxy groups -OCH3 is 1. The lowest BCUT2D eigenvalue weighted by atomic mass is 10.0. The van der Waals surface area contributed by atoms with Crippen LogP contribution in [0.15, 0.2) is 34.8 Å². The molecule has 0 aliphatic heterocycles. The monoisotopic (exact) mass is 339 g/mol. The molecule has 102 valence electrons. The van der Waals surface area contributed by atoms with Gasteiger partial charge in [0.1, 0.15) is 5.75 Å². The molecule has 2 nitrogen and oxygen atoms in total. The molecule has 0 aliphatic carbocycles. The van der Waals surface area contributed by atoms with Crippen molar-refractivity contribution in [1.29, 1.82) is 0 Å². The molecule has 0 saturated carbocycles. The van der Waals surface area contributed by atoms with Crippen molar-refractivity contribution in [2.45, 2.75) is 25.8 Å². The van der Waals surface area contributed by atoms with E-state index in [4.69, 9.17) is 10.5 Å². The summed E-state index contributed by atoms with van der Waals surface area (Å²) in [5.74, 6) is 0.894. The third-order valence-corrected chi connectivity index (χ3v) is 4.93. The van der Waals surface area contributed by atoms with Crippen molar-refractivity contribution >= 4 is 27.3 Å². The summed E-state index contributed by atoms with van der Waals surface area (Å²) >= 11 is 5.29. The molecule has 0 amide bonds. The molecule has 1 atom stereocenters. The van der Waals surface area contributed by atoms with Gasteiger partial charge >= 0.3 is 0 Å². The second kappa shape index (κ2) is 6.55. The summed E-state index contributed by atoms with van der Waals surface area (Å²) in [7, 11) is 1.69. The Kier molecular flexibility index (Phi) is 5.02. The highest BCUT2D eigenvalue weighted by atomic mass is 79.9. The molecule has 0 bridgehead atoms. The van der Waals surface area contributed by atoms with E-state index in [0.29, 0.717) is 0 Å². The quantitative estimate of drug-likeness (QED) is 0.880. The normalized spacial score (nSPS) is 12.4. The molecule has 2 rings (SSSR count). The summed E-state index contributed by atoms with van der Waals surface area (Å²) in [5, 5.41) is 0. The van der Waals surface area contributed by atoms with E-state index in [2.05, 4.69) is 41.1 Å². The largest absolute Gasteiger partial charge is 0.496 e. The van der Waals surface area contributed by atoms with Gasteiger partial charge in [-0.3, -0.25) is 0 Å². The molecule has 2 aromatic rings. The molecule has 4 heteroatoms. The van der Waals surface area contributed by atoms with Crippen LogP contribution >= 0.6 is 27.3 Å². The number of halogens is 1. The van der Waals surface area contributed by atoms with Gasteiger partial charge < -0.3 is 10.5 Å². The van der Waals surface area contributed by atoms with Gasteiger partial charge in [0.25, 0.3) is 0 Å². The zero-order valence-corrected chi connectivity index (χ0v) is 13.6. The average Bonchev–Trinajstić information content (AvgIpc) is 2.88. The predicted octanol–water partition coefficient (Wildman–Crippen LogP) is 4.32. The first-order chi connectivity index (χ1) is 9.13. The Labute approximate surface area is 126 Å². The van der Waals surface area contributed by atoms with Crippen LogP contribution in [0, 0.1) is 0 Å². The highest BCUT2D eigenvalue weighted by Gasteiger charge is 2.13. The van der Waals surface area contributed by atoms with Crippen LogP contribution in [0.2, 0.25) is 0 Å². The molecule has 0 saturated heterocycles. The van der Waals surface area contributed by atoms with Crippen molar-refractivity contribution in [2.75, 3.05) is 7.11 Å². The average molecular weight is 340 g/mol. The Morgan fingerprint density at radius 2 is 2.11 bits per heavy atom. The van der Waals surface area contributed by atoms with Crippen LogP contribution in [0.3, 0.4) is 0 Å². The highest BCUT2D eigenvalue weighted by molar-refractivity contribution is 9.10. The fourth-order valence-electron chi connectivity index (χ4n) is 2.03. The summed E-state index contributed by atoms with van der Waals surface area (Å²) in [6.45, 7) is 2.17. The fourth-order valence-corrected chi connectivity index (χ4v) is 3.39. The van der Waals surface area contributed by atoms with Crippen LogP contribution in [0.1, 0.15) is 28.3 Å². The number of nitrogens with two attached hydrogens (primary N) is 1. The van der Waals surface area contributed by atoms with E-state index in [-0.39, 0.29) is 6.04 Å². The van der Waals surface area contributed by atoms with Gasteiger partial charge in [0.15, 0.2) is 0 Å². The number of benzene rings is 1. The van der Waals surface area contributed by atoms with Gasteiger partial charge in [0, 0.05) is 20.3 Å². The third kappa shape index (κ3) is 3.59. The van der Waals surface area contributed by atoms with Crippen LogP contribution in [-0.2, 0) is 12.8 Å². The van der Waals surface area contributed by atoms with E-state index in [9.17, 15) is 0 Å². The number of hydrogen-bond acceptors (Lipinski definition) is 3. The van der Waals surface area contributed by atoms with E-state index in [1.807, 2.05) is 12.1 Å². The van der Waals surface area contributed by atoms with Crippen LogP contribution in [-0.4, -0.2) is 7.11 Å². The second-order valence-corrected chi connectivity index (χ2v) is 6.54. The van der Waals surface area contributed by atoms with Crippen LogP contribution < -0.4 is 10.5 Å². The van der Waals surface area contributed by atoms with Crippen molar-refractivity contribution in [3.63, 3.8) is 0 Å². The predicted molar refractivity (Wildman–Crippen MR) is 85.0 cm³/mol. The lowest BCUT2D eigenvalue weighted by molar-refractivity contribution is 0.408. The molecule has 1 aromatic heterocycles. The van der Waals surface area contributed by atoms with Crippen LogP contribution in [0.5, 0.6) is 5.75 Å². The molecule has 0 fully saturated rings. The summed E-state index contributed by atoms with van der Waals surface area (Å²) in [6, 6.07) is 10.4. The molecule has 1 aromatic carbocycles. The van der Waals surface area contributed by atoms with Crippen molar-refractivity contribution in [1.82, 2.24) is 0 Å². The standard InChI is InChI=1S/C15H18BrNOS/c1-3-12-5-7-15(19-12)13(17)9-10-8-11(16)4-6-14(10)18-2/h4-8,13H,3,9,17H2,1-2H3. The number of aryl methyl sites for hydroxylation is 1. The summed E-state index contributed by atoms with van der Waals surface area (Å²) in [4.78, 5) is 2.62. The SMILES string of the molecule is CCc1ccc(C(N)Cc2cc(Br)ccc2OC)s1. The van der Waals surface area contributed by atoms with E-state index in [1.165, 1.54) is 9.75 Å². The number of rotatable bonds is 5. The topological polar surface area (TPSA) is 35.2 Å². The Bertz CT molecular complexity index is 553. The first-order valence-corrected chi connectivity index (χ1v) is 7.91. The zero-order chi connectivity index (χ0) is 13.8. The van der Waals surface area contributed by atoms with Gasteiger partial charge in [-0.15, -0.1) is 11.3 Å². The smallest absolute Gasteiger partial charge is 0.122 e. The Hall–Kier alpha value is -0.840. The molecule has 1 heterocycles. The summed E-state index contributed by atoms with van der Waals surface area (Å²) in [6.07, 6.45) is 1.85. The maximum atomic E-state index is 6.31. The van der Waals surface area contributed by atoms with E-state index in [0.717, 1.165) is 28.6 Å². The van der Waals surface area contributed by atoms with Gasteiger partial charge in [-0.1, -0.05) is 22.9 Å². The molecule has 0 spiro atoms. The minimum Gasteiger partial charge on any atom is -0.496 e. The molecule has 0 radical (unpaired) electrons. The van der Waals surface area contributed by atoms with E-state index < -0.39 is 0 Å². The van der Waals surface area contributed by atoms with Crippen molar-refractivity contribution < 1.29 is 4.74 Å². The number of thiophene rings is 1. The van der Waals surface area contributed by atoms with Crippen molar-refractivity contribution in [3.8, 4) is 5.75 Å². The van der Waals surface area contributed by atoms with Gasteiger partial charge in [-0.05, 0) is 48.7 Å². The molecular weight excluding hydrogens is 322 g/mol. The maximum absolute atomic E-state index is 6.31. The third-order valence-electron chi connectivity index (χ3n) is 3.08. The summed E-state index contributed by atoms with van der Waals surface area (Å²) < 4.78 is 6.44. The Balaban J connectivity index is 2.18. The van der Waals surface area contributed by atoms with Gasteiger partial charge in [0.2, 0.25) is 0 Å². The van der Waals surface area contributed by atoms with E-state index >= 15 is 0 Å². The molecule has 19 heavy (non-hydrogen) atoms. The fraction of sp³-hybridized carbons (Fsp3) is 0.333. The summed E-state index contributed by atoms with van der Waals surface area (Å²) in [5.41, 5.74) is 7.44. The Morgan fingerprint density at radius 3 is 2.74 bits per heavy atom. The Morgan fingerprint density at radius 1 is 1.32 bits per heavy atom. The first kappa shape index (κ1) is 14.6. The number of hydrogen-bond donors (Lipinski definition) is 1. The second-order valence-electron chi connectivity index (χ2n) is 4.42. The maximum Gasteiger partial charge on any atom is 0.122 e. The minimum atomic E-state index is 0.0218. The lowest BCUT2D eigenvalue weighted by Gasteiger charge is -2.13. The number of ether oxygens (including phenoxy) is 1. The van der Waals surface area contributed by atoms with Crippen LogP contribution in [0.25, 0.3) is 0 Å². The van der Waals surface area contributed by atoms with Crippen molar-refractivity contribution in [2.24, 2.45) is 5.73 Å². The minimum absolute atomic E-state index is 0.0218. The van der Waals surface area contributed by atoms with Crippen LogP contribution in [0.4, 0.5) is 0 Å². The highest BCUT2D eigenvalue weighted by Crippen LogP contribution is 2.29. The van der Waals surface area contributed by atoms with Gasteiger partial charge in [-0.25, -0.2) is 0 Å². The van der Waals surface area contributed by atoms with Crippen molar-refractivity contribution in [3.05, 3.63) is 50.1 Å². The molecule has 2 N–H and O–H groups in total.